The lowest BCUT2D eigenvalue weighted by molar-refractivity contribution is -0.129. The van der Waals surface area contributed by atoms with Gasteiger partial charge in [-0.3, -0.25) is 9.59 Å². The van der Waals surface area contributed by atoms with E-state index < -0.39 is 6.04 Å². The quantitative estimate of drug-likeness (QED) is 0.598. The number of nitrogens with two attached hydrogens (primary N) is 1. The number of anilines is 1. The van der Waals surface area contributed by atoms with Crippen LogP contribution < -0.4 is 21.7 Å². The molecule has 1 aromatic rings. The van der Waals surface area contributed by atoms with E-state index in [2.05, 4.69) is 27.9 Å². The first-order chi connectivity index (χ1) is 11.0. The van der Waals surface area contributed by atoms with Crippen LogP contribution in [0.5, 0.6) is 0 Å². The number of hydrogen-bond acceptors (Lipinski definition) is 5. The largest absolute Gasteiger partial charge is 0.384 e. The van der Waals surface area contributed by atoms with Gasteiger partial charge in [0.05, 0.1) is 6.04 Å². The van der Waals surface area contributed by atoms with Crippen LogP contribution in [0, 0.1) is 5.92 Å². The molecule has 0 unspecified atom stereocenters. The van der Waals surface area contributed by atoms with Gasteiger partial charge in [0.25, 0.3) is 0 Å². The summed E-state index contributed by atoms with van der Waals surface area (Å²) < 4.78 is 0. The summed E-state index contributed by atoms with van der Waals surface area (Å²) in [6, 6.07) is 2.71. The monoisotopic (exact) mass is 319 g/mol. The SMILES string of the molecule is CC[C@H]1CN[C@@H](C(=O)N[C@@H](C)C(=O)NCc2ccc(N)nc2)C1. The second kappa shape index (κ2) is 7.92. The summed E-state index contributed by atoms with van der Waals surface area (Å²) in [5.74, 6) is 0.640. The van der Waals surface area contributed by atoms with Crippen molar-refractivity contribution in [3.8, 4) is 0 Å². The van der Waals surface area contributed by atoms with Gasteiger partial charge in [-0.2, -0.15) is 0 Å². The van der Waals surface area contributed by atoms with Gasteiger partial charge in [0, 0.05) is 12.7 Å². The Morgan fingerprint density at radius 2 is 2.26 bits per heavy atom. The molecule has 23 heavy (non-hydrogen) atoms. The molecule has 1 aromatic heterocycles. The average molecular weight is 319 g/mol. The van der Waals surface area contributed by atoms with Crippen molar-refractivity contribution >= 4 is 17.6 Å². The fraction of sp³-hybridized carbons (Fsp3) is 0.562. The normalized spacial score (nSPS) is 21.7. The van der Waals surface area contributed by atoms with Gasteiger partial charge in [0.1, 0.15) is 11.9 Å². The number of aromatic nitrogens is 1. The molecular formula is C16H25N5O2. The van der Waals surface area contributed by atoms with E-state index in [1.54, 1.807) is 25.3 Å². The van der Waals surface area contributed by atoms with Gasteiger partial charge in [0.2, 0.25) is 11.8 Å². The zero-order chi connectivity index (χ0) is 16.8. The van der Waals surface area contributed by atoms with E-state index in [4.69, 9.17) is 5.73 Å². The first kappa shape index (κ1) is 17.2. The van der Waals surface area contributed by atoms with Crippen molar-refractivity contribution in [2.24, 2.45) is 5.92 Å². The molecule has 0 saturated carbocycles. The molecule has 0 aromatic carbocycles. The van der Waals surface area contributed by atoms with Gasteiger partial charge in [-0.1, -0.05) is 19.4 Å². The zero-order valence-electron chi connectivity index (χ0n) is 13.6. The molecule has 2 rings (SSSR count). The number of amides is 2. The summed E-state index contributed by atoms with van der Waals surface area (Å²) >= 11 is 0. The van der Waals surface area contributed by atoms with Crippen LogP contribution in [0.15, 0.2) is 18.3 Å². The molecule has 1 aliphatic heterocycles. The minimum Gasteiger partial charge on any atom is -0.384 e. The van der Waals surface area contributed by atoms with Crippen LogP contribution in [0.3, 0.4) is 0 Å². The van der Waals surface area contributed by atoms with E-state index in [1.807, 2.05) is 0 Å². The number of pyridine rings is 1. The highest BCUT2D eigenvalue weighted by Crippen LogP contribution is 2.17. The summed E-state index contributed by atoms with van der Waals surface area (Å²) in [6.45, 7) is 5.01. The Kier molecular flexibility index (Phi) is 5.92. The first-order valence-corrected chi connectivity index (χ1v) is 8.01. The van der Waals surface area contributed by atoms with Gasteiger partial charge < -0.3 is 21.7 Å². The molecule has 1 aliphatic rings. The molecule has 2 heterocycles. The van der Waals surface area contributed by atoms with Crippen LogP contribution >= 0.6 is 0 Å². The van der Waals surface area contributed by atoms with Crippen molar-refractivity contribution in [1.29, 1.82) is 0 Å². The molecule has 7 heteroatoms. The number of hydrogen-bond donors (Lipinski definition) is 4. The van der Waals surface area contributed by atoms with Gasteiger partial charge in [-0.15, -0.1) is 0 Å². The summed E-state index contributed by atoms with van der Waals surface area (Å²) in [7, 11) is 0. The highest BCUT2D eigenvalue weighted by atomic mass is 16.2. The maximum absolute atomic E-state index is 12.2. The number of carbonyl (C=O) groups is 2. The molecule has 2 amide bonds. The summed E-state index contributed by atoms with van der Waals surface area (Å²) in [4.78, 5) is 28.2. The van der Waals surface area contributed by atoms with Crippen LogP contribution in [0.2, 0.25) is 0 Å². The fourth-order valence-corrected chi connectivity index (χ4v) is 2.58. The predicted molar refractivity (Wildman–Crippen MR) is 88.3 cm³/mol. The maximum atomic E-state index is 12.2. The van der Waals surface area contributed by atoms with Crippen LogP contribution in [0.1, 0.15) is 32.3 Å². The third-order valence-electron chi connectivity index (χ3n) is 4.18. The molecule has 7 nitrogen and oxygen atoms in total. The van der Waals surface area contributed by atoms with Gasteiger partial charge in [0.15, 0.2) is 0 Å². The van der Waals surface area contributed by atoms with E-state index >= 15 is 0 Å². The molecule has 3 atom stereocenters. The van der Waals surface area contributed by atoms with E-state index in [9.17, 15) is 9.59 Å². The topological polar surface area (TPSA) is 109 Å². The number of nitrogens with zero attached hydrogens (tertiary/aromatic N) is 1. The average Bonchev–Trinajstić information content (AvgIpc) is 3.03. The van der Waals surface area contributed by atoms with Crippen LogP contribution in [-0.2, 0) is 16.1 Å². The minimum atomic E-state index is -0.577. The van der Waals surface area contributed by atoms with E-state index in [-0.39, 0.29) is 17.9 Å². The Morgan fingerprint density at radius 1 is 1.48 bits per heavy atom. The fourth-order valence-electron chi connectivity index (χ4n) is 2.58. The second-order valence-electron chi connectivity index (χ2n) is 6.01. The molecular weight excluding hydrogens is 294 g/mol. The smallest absolute Gasteiger partial charge is 0.242 e. The molecule has 0 radical (unpaired) electrons. The summed E-state index contributed by atoms with van der Waals surface area (Å²) in [5, 5.41) is 8.74. The van der Waals surface area contributed by atoms with E-state index in [1.165, 1.54) is 0 Å². The summed E-state index contributed by atoms with van der Waals surface area (Å²) in [5.41, 5.74) is 6.37. The minimum absolute atomic E-state index is 0.113. The van der Waals surface area contributed by atoms with Gasteiger partial charge >= 0.3 is 0 Å². The van der Waals surface area contributed by atoms with Crippen LogP contribution in [-0.4, -0.2) is 35.4 Å². The van der Waals surface area contributed by atoms with Crippen molar-refractivity contribution in [1.82, 2.24) is 20.9 Å². The Hall–Kier alpha value is -2.15. The number of nitrogens with one attached hydrogen (secondary N) is 3. The Balaban J connectivity index is 1.76. The molecule has 1 saturated heterocycles. The van der Waals surface area contributed by atoms with Crippen molar-refractivity contribution in [2.45, 2.75) is 45.3 Å². The molecule has 1 fully saturated rings. The Labute approximate surface area is 136 Å². The molecule has 5 N–H and O–H groups in total. The zero-order valence-corrected chi connectivity index (χ0v) is 13.6. The lowest BCUT2D eigenvalue weighted by Crippen LogP contribution is -2.49. The van der Waals surface area contributed by atoms with E-state index in [0.29, 0.717) is 18.3 Å². The first-order valence-electron chi connectivity index (χ1n) is 8.01. The lowest BCUT2D eigenvalue weighted by atomic mass is 10.0. The van der Waals surface area contributed by atoms with Crippen molar-refractivity contribution in [3.05, 3.63) is 23.9 Å². The molecule has 0 bridgehead atoms. The van der Waals surface area contributed by atoms with Crippen molar-refractivity contribution in [2.75, 3.05) is 12.3 Å². The number of rotatable bonds is 6. The predicted octanol–water partition coefficient (Wildman–Crippen LogP) is 0.173. The second-order valence-corrected chi connectivity index (χ2v) is 6.01. The van der Waals surface area contributed by atoms with Gasteiger partial charge in [-0.25, -0.2) is 4.98 Å². The Bertz CT molecular complexity index is 546. The highest BCUT2D eigenvalue weighted by molar-refractivity contribution is 5.89. The van der Waals surface area contributed by atoms with Crippen molar-refractivity contribution in [3.63, 3.8) is 0 Å². The lowest BCUT2D eigenvalue weighted by Gasteiger charge is -2.17. The Morgan fingerprint density at radius 3 is 2.87 bits per heavy atom. The standard InChI is InChI=1S/C16H25N5O2/c1-3-11-6-13(18-7-11)16(23)21-10(2)15(22)20-9-12-4-5-14(17)19-8-12/h4-5,8,10-11,13,18H,3,6-7,9H2,1-2H3,(H2,17,19)(H,20,22)(H,21,23)/t10-,11+,13+/m0/s1. The summed E-state index contributed by atoms with van der Waals surface area (Å²) in [6.07, 6.45) is 3.50. The van der Waals surface area contributed by atoms with Crippen LogP contribution in [0.25, 0.3) is 0 Å². The van der Waals surface area contributed by atoms with Gasteiger partial charge in [-0.05, 0) is 37.4 Å². The van der Waals surface area contributed by atoms with Crippen molar-refractivity contribution < 1.29 is 9.59 Å². The number of carbonyl (C=O) groups excluding carboxylic acids is 2. The maximum Gasteiger partial charge on any atom is 0.242 e. The molecule has 0 aliphatic carbocycles. The third kappa shape index (κ3) is 4.92. The molecule has 126 valence electrons. The van der Waals surface area contributed by atoms with E-state index in [0.717, 1.165) is 24.9 Å². The van der Waals surface area contributed by atoms with Crippen LogP contribution in [0.4, 0.5) is 5.82 Å². The highest BCUT2D eigenvalue weighted by Gasteiger charge is 2.29. The third-order valence-corrected chi connectivity index (χ3v) is 4.18. The number of nitrogen functional groups attached to an aromatic ring is 1. The molecule has 0 spiro atoms.